The predicted molar refractivity (Wildman–Crippen MR) is 107 cm³/mol. The molecule has 0 aliphatic carbocycles. The van der Waals surface area contributed by atoms with Crippen molar-refractivity contribution in [3.05, 3.63) is 65.9 Å². The van der Waals surface area contributed by atoms with Crippen LogP contribution >= 0.6 is 0 Å². The number of benzene rings is 2. The van der Waals surface area contributed by atoms with Crippen LogP contribution in [0, 0.1) is 0 Å². The van der Waals surface area contributed by atoms with Crippen LogP contribution in [0.25, 0.3) is 10.9 Å². The molecule has 0 spiro atoms. The maximum atomic E-state index is 12.8. The van der Waals surface area contributed by atoms with Crippen molar-refractivity contribution in [1.82, 2.24) is 20.4 Å². The average Bonchev–Trinajstić information content (AvgIpc) is 3.14. The van der Waals surface area contributed by atoms with Gasteiger partial charge in [0.1, 0.15) is 0 Å². The number of nitrogens with zero attached hydrogens (tertiary/aromatic N) is 2. The maximum Gasteiger partial charge on any atom is 0.272 e. The lowest BCUT2D eigenvalue weighted by molar-refractivity contribution is -0.0843. The number of para-hydroxylation sites is 1. The smallest absolute Gasteiger partial charge is 0.272 e. The molecule has 3 aromatic rings. The highest BCUT2D eigenvalue weighted by Gasteiger charge is 2.39. The molecule has 2 aliphatic heterocycles. The van der Waals surface area contributed by atoms with Crippen LogP contribution in [0.5, 0.6) is 0 Å². The summed E-state index contributed by atoms with van der Waals surface area (Å²) in [5, 5.41) is 11.3. The van der Waals surface area contributed by atoms with Crippen LogP contribution < -0.4 is 5.32 Å². The number of H-pyrrole nitrogens is 1. The Bertz CT molecular complexity index is 957. The third-order valence-electron chi connectivity index (χ3n) is 5.90. The average molecular weight is 376 g/mol. The molecular formula is C22H24N4O2. The molecule has 1 unspecified atom stereocenters. The fourth-order valence-electron chi connectivity index (χ4n) is 4.55. The van der Waals surface area contributed by atoms with Gasteiger partial charge in [-0.05, 0) is 24.5 Å². The van der Waals surface area contributed by atoms with Crippen LogP contribution in [0.3, 0.4) is 0 Å². The van der Waals surface area contributed by atoms with E-state index in [2.05, 4.69) is 44.7 Å². The Morgan fingerprint density at radius 2 is 1.79 bits per heavy atom. The van der Waals surface area contributed by atoms with E-state index < -0.39 is 0 Å². The van der Waals surface area contributed by atoms with E-state index in [1.165, 1.54) is 5.56 Å². The van der Waals surface area contributed by atoms with Gasteiger partial charge in [0.05, 0.1) is 18.7 Å². The number of amides is 1. The molecule has 1 aromatic heterocycles. The fraction of sp³-hybridized carbons (Fsp3) is 0.364. The van der Waals surface area contributed by atoms with Gasteiger partial charge in [-0.1, -0.05) is 48.5 Å². The van der Waals surface area contributed by atoms with Crippen LogP contribution in [0.2, 0.25) is 0 Å². The van der Waals surface area contributed by atoms with E-state index >= 15 is 0 Å². The second-order valence-corrected chi connectivity index (χ2v) is 7.76. The summed E-state index contributed by atoms with van der Waals surface area (Å²) in [7, 11) is 0. The van der Waals surface area contributed by atoms with Crippen LogP contribution in [-0.2, 0) is 11.3 Å². The Morgan fingerprint density at radius 1 is 1.07 bits per heavy atom. The number of hydrogen-bond donors (Lipinski definition) is 2. The summed E-state index contributed by atoms with van der Waals surface area (Å²) in [6.45, 7) is 2.38. The lowest BCUT2D eigenvalue weighted by Crippen LogP contribution is -2.60. The maximum absolute atomic E-state index is 12.8. The number of carbonyl (C=O) groups is 1. The van der Waals surface area contributed by atoms with Crippen molar-refractivity contribution < 1.29 is 9.53 Å². The molecule has 2 aromatic carbocycles. The van der Waals surface area contributed by atoms with Gasteiger partial charge in [0.15, 0.2) is 5.69 Å². The van der Waals surface area contributed by atoms with Gasteiger partial charge in [-0.15, -0.1) is 0 Å². The first-order valence-electron chi connectivity index (χ1n) is 9.89. The number of ether oxygens (including phenoxy) is 1. The summed E-state index contributed by atoms with van der Waals surface area (Å²) in [6.07, 6.45) is 1.80. The van der Waals surface area contributed by atoms with Crippen molar-refractivity contribution in [3.63, 3.8) is 0 Å². The number of aromatic nitrogens is 2. The van der Waals surface area contributed by atoms with Crippen LogP contribution in [-0.4, -0.2) is 52.3 Å². The Labute approximate surface area is 163 Å². The van der Waals surface area contributed by atoms with Gasteiger partial charge >= 0.3 is 0 Å². The normalized spacial score (nSPS) is 24.9. The topological polar surface area (TPSA) is 70.2 Å². The minimum Gasteiger partial charge on any atom is -0.378 e. The lowest BCUT2D eigenvalue weighted by atomic mass is 9.89. The highest BCUT2D eigenvalue weighted by Crippen LogP contribution is 2.29. The highest BCUT2D eigenvalue weighted by molar-refractivity contribution is 6.04. The van der Waals surface area contributed by atoms with Gasteiger partial charge in [-0.25, -0.2) is 0 Å². The van der Waals surface area contributed by atoms with Gasteiger partial charge in [-0.2, -0.15) is 5.10 Å². The molecule has 2 saturated heterocycles. The zero-order valence-corrected chi connectivity index (χ0v) is 15.7. The van der Waals surface area contributed by atoms with Crippen molar-refractivity contribution in [2.45, 2.75) is 37.5 Å². The van der Waals surface area contributed by atoms with E-state index in [1.54, 1.807) is 0 Å². The van der Waals surface area contributed by atoms with Crippen molar-refractivity contribution in [1.29, 1.82) is 0 Å². The monoisotopic (exact) mass is 376 g/mol. The fourth-order valence-corrected chi connectivity index (χ4v) is 4.55. The number of carbonyl (C=O) groups excluding carboxylic acids is 1. The predicted octanol–water partition coefficient (Wildman–Crippen LogP) is 2.72. The first-order chi connectivity index (χ1) is 13.8. The zero-order chi connectivity index (χ0) is 18.9. The van der Waals surface area contributed by atoms with E-state index in [4.69, 9.17) is 4.74 Å². The van der Waals surface area contributed by atoms with E-state index in [0.29, 0.717) is 17.8 Å². The number of aromatic amines is 1. The molecule has 3 atom stereocenters. The number of morpholine rings is 1. The summed E-state index contributed by atoms with van der Waals surface area (Å²) in [5.41, 5.74) is 2.68. The zero-order valence-electron chi connectivity index (χ0n) is 15.7. The number of piperidine rings is 1. The van der Waals surface area contributed by atoms with E-state index in [-0.39, 0.29) is 11.9 Å². The van der Waals surface area contributed by atoms with Crippen LogP contribution in [0.1, 0.15) is 28.9 Å². The molecule has 2 fully saturated rings. The lowest BCUT2D eigenvalue weighted by Gasteiger charge is -2.48. The number of fused-ring (bicyclic) bond motifs is 3. The third kappa shape index (κ3) is 3.30. The summed E-state index contributed by atoms with van der Waals surface area (Å²) in [4.78, 5) is 15.4. The first kappa shape index (κ1) is 17.4. The van der Waals surface area contributed by atoms with Gasteiger partial charge in [0, 0.05) is 30.1 Å². The first-order valence-corrected chi connectivity index (χ1v) is 9.89. The summed E-state index contributed by atoms with van der Waals surface area (Å²) in [5.74, 6) is -0.0991. The summed E-state index contributed by atoms with van der Waals surface area (Å²) in [6, 6.07) is 19.1. The molecule has 2 bridgehead atoms. The molecule has 3 heterocycles. The summed E-state index contributed by atoms with van der Waals surface area (Å²) >= 11 is 0. The van der Waals surface area contributed by atoms with Gasteiger partial charge in [0.2, 0.25) is 0 Å². The van der Waals surface area contributed by atoms with Gasteiger partial charge < -0.3 is 10.1 Å². The minimum atomic E-state index is -0.0991. The Balaban J connectivity index is 1.29. The second kappa shape index (κ2) is 7.37. The molecular weight excluding hydrogens is 352 g/mol. The Hall–Kier alpha value is -2.70. The number of rotatable bonds is 4. The van der Waals surface area contributed by atoms with E-state index in [0.717, 1.165) is 43.5 Å². The molecule has 144 valence electrons. The highest BCUT2D eigenvalue weighted by atomic mass is 16.5. The van der Waals surface area contributed by atoms with Gasteiger partial charge in [-0.3, -0.25) is 14.8 Å². The Morgan fingerprint density at radius 3 is 2.57 bits per heavy atom. The Kier molecular flexibility index (Phi) is 4.58. The van der Waals surface area contributed by atoms with Crippen LogP contribution in [0.15, 0.2) is 54.6 Å². The van der Waals surface area contributed by atoms with Crippen molar-refractivity contribution in [2.75, 3.05) is 13.2 Å². The van der Waals surface area contributed by atoms with E-state index in [1.807, 2.05) is 30.3 Å². The summed E-state index contributed by atoms with van der Waals surface area (Å²) < 4.78 is 5.82. The van der Waals surface area contributed by atoms with Gasteiger partial charge in [0.25, 0.3) is 5.91 Å². The van der Waals surface area contributed by atoms with Crippen molar-refractivity contribution in [3.8, 4) is 0 Å². The molecule has 6 nitrogen and oxygen atoms in total. The molecule has 6 heteroatoms. The van der Waals surface area contributed by atoms with E-state index in [9.17, 15) is 4.79 Å². The largest absolute Gasteiger partial charge is 0.378 e. The molecule has 0 radical (unpaired) electrons. The molecule has 2 N–H and O–H groups in total. The van der Waals surface area contributed by atoms with Crippen molar-refractivity contribution >= 4 is 16.8 Å². The molecule has 0 saturated carbocycles. The molecule has 5 rings (SSSR count). The standard InChI is InChI=1S/C22H24N4O2/c27-22(21-19-8-4-5-9-20(19)24-25-21)23-16-10-17-13-28-14-18(11-16)26(17)12-15-6-2-1-3-7-15/h1-9,16-18H,10-14H2,(H,23,27)(H,24,25)/t16?,17-,18+. The number of nitrogens with one attached hydrogen (secondary N) is 2. The molecule has 28 heavy (non-hydrogen) atoms. The number of hydrogen-bond acceptors (Lipinski definition) is 4. The third-order valence-corrected chi connectivity index (χ3v) is 5.90. The quantitative estimate of drug-likeness (QED) is 0.735. The van der Waals surface area contributed by atoms with Crippen LogP contribution in [0.4, 0.5) is 0 Å². The van der Waals surface area contributed by atoms with Crippen molar-refractivity contribution in [2.24, 2.45) is 0 Å². The second-order valence-electron chi connectivity index (χ2n) is 7.76. The minimum absolute atomic E-state index is 0.0991. The molecule has 2 aliphatic rings. The molecule has 1 amide bonds. The SMILES string of the molecule is O=C(NC1C[C@H]2COC[C@@H](C1)N2Cc1ccccc1)c1n[nH]c2ccccc12.